The molecule has 86 valence electrons. The number of rotatable bonds is 4. The standard InChI is InChI=1S/C13H18N2S/c1-9(2)7-10(14)8-13-11-5-3-4-6-12(11)15-16-13/h3-6,9-10H,7-8,14H2,1-2H3. The number of hydrogen-bond donors (Lipinski definition) is 1. The third-order valence-corrected chi connectivity index (χ3v) is 3.58. The third-order valence-electron chi connectivity index (χ3n) is 2.68. The maximum atomic E-state index is 6.14. The lowest BCUT2D eigenvalue weighted by Gasteiger charge is -2.12. The summed E-state index contributed by atoms with van der Waals surface area (Å²) in [7, 11) is 0. The fourth-order valence-electron chi connectivity index (χ4n) is 2.02. The van der Waals surface area contributed by atoms with Crippen molar-refractivity contribution < 1.29 is 0 Å². The molecule has 0 bridgehead atoms. The normalized spacial score (nSPS) is 13.5. The van der Waals surface area contributed by atoms with E-state index in [0.29, 0.717) is 5.92 Å². The Bertz CT molecular complexity index is 462. The molecule has 2 N–H and O–H groups in total. The fraction of sp³-hybridized carbons (Fsp3) is 0.462. The molecule has 1 atom stereocenters. The topological polar surface area (TPSA) is 38.9 Å². The van der Waals surface area contributed by atoms with Crippen LogP contribution in [0.3, 0.4) is 0 Å². The van der Waals surface area contributed by atoms with E-state index in [0.717, 1.165) is 18.4 Å². The van der Waals surface area contributed by atoms with Crippen LogP contribution < -0.4 is 5.73 Å². The Morgan fingerprint density at radius 2 is 2.06 bits per heavy atom. The van der Waals surface area contributed by atoms with Crippen LogP contribution in [0, 0.1) is 5.92 Å². The predicted molar refractivity (Wildman–Crippen MR) is 70.8 cm³/mol. The Morgan fingerprint density at radius 3 is 2.81 bits per heavy atom. The van der Waals surface area contributed by atoms with Crippen LogP contribution >= 0.6 is 11.5 Å². The summed E-state index contributed by atoms with van der Waals surface area (Å²) in [5.74, 6) is 0.661. The second kappa shape index (κ2) is 4.93. The number of benzene rings is 1. The molecule has 1 unspecified atom stereocenters. The highest BCUT2D eigenvalue weighted by atomic mass is 32.1. The lowest BCUT2D eigenvalue weighted by atomic mass is 10.0. The van der Waals surface area contributed by atoms with Gasteiger partial charge in [-0.1, -0.05) is 32.0 Å². The van der Waals surface area contributed by atoms with Gasteiger partial charge >= 0.3 is 0 Å². The van der Waals surface area contributed by atoms with Gasteiger partial charge in [-0.25, -0.2) is 0 Å². The summed E-state index contributed by atoms with van der Waals surface area (Å²) in [6.45, 7) is 4.43. The van der Waals surface area contributed by atoms with Gasteiger partial charge in [0.25, 0.3) is 0 Å². The number of nitrogens with two attached hydrogens (primary N) is 1. The molecule has 0 saturated heterocycles. The minimum atomic E-state index is 0.254. The second-order valence-corrected chi connectivity index (χ2v) is 5.57. The van der Waals surface area contributed by atoms with Crippen molar-refractivity contribution in [3.8, 4) is 0 Å². The van der Waals surface area contributed by atoms with Gasteiger partial charge in [-0.3, -0.25) is 0 Å². The molecule has 0 aliphatic heterocycles. The van der Waals surface area contributed by atoms with Crippen molar-refractivity contribution in [3.05, 3.63) is 29.1 Å². The number of fused-ring (bicyclic) bond motifs is 1. The monoisotopic (exact) mass is 234 g/mol. The Labute approximate surface area is 101 Å². The van der Waals surface area contributed by atoms with Gasteiger partial charge in [0.1, 0.15) is 0 Å². The van der Waals surface area contributed by atoms with E-state index in [1.54, 1.807) is 11.5 Å². The van der Waals surface area contributed by atoms with E-state index < -0.39 is 0 Å². The van der Waals surface area contributed by atoms with Gasteiger partial charge in [0.15, 0.2) is 0 Å². The Hall–Kier alpha value is -0.930. The van der Waals surface area contributed by atoms with E-state index in [2.05, 4.69) is 36.4 Å². The SMILES string of the molecule is CC(C)CC(N)Cc1snc2ccccc12. The zero-order valence-corrected chi connectivity index (χ0v) is 10.6. The van der Waals surface area contributed by atoms with E-state index in [1.807, 2.05) is 6.07 Å². The van der Waals surface area contributed by atoms with Gasteiger partial charge in [-0.05, 0) is 36.4 Å². The first kappa shape index (κ1) is 11.6. The summed E-state index contributed by atoms with van der Waals surface area (Å²) in [6, 6.07) is 8.54. The molecule has 2 nitrogen and oxygen atoms in total. The molecule has 2 rings (SSSR count). The van der Waals surface area contributed by atoms with Gasteiger partial charge in [0.05, 0.1) is 5.52 Å². The van der Waals surface area contributed by atoms with Crippen molar-refractivity contribution in [1.82, 2.24) is 4.37 Å². The average molecular weight is 234 g/mol. The summed E-state index contributed by atoms with van der Waals surface area (Å²) in [5.41, 5.74) is 7.23. The molecule has 0 radical (unpaired) electrons. The number of aromatic nitrogens is 1. The van der Waals surface area contributed by atoms with Crippen molar-refractivity contribution in [2.45, 2.75) is 32.7 Å². The third kappa shape index (κ3) is 2.60. The molecule has 0 amide bonds. The Morgan fingerprint density at radius 1 is 1.31 bits per heavy atom. The molecule has 0 fully saturated rings. The average Bonchev–Trinajstić information content (AvgIpc) is 2.61. The molecule has 0 aliphatic carbocycles. The van der Waals surface area contributed by atoms with Crippen LogP contribution in [0.5, 0.6) is 0 Å². The van der Waals surface area contributed by atoms with Crippen molar-refractivity contribution >= 4 is 22.4 Å². The Balaban J connectivity index is 2.15. The van der Waals surface area contributed by atoms with E-state index >= 15 is 0 Å². The highest BCUT2D eigenvalue weighted by Gasteiger charge is 2.11. The summed E-state index contributed by atoms with van der Waals surface area (Å²) in [4.78, 5) is 1.32. The maximum absolute atomic E-state index is 6.14. The van der Waals surface area contributed by atoms with Gasteiger partial charge < -0.3 is 5.73 Å². The molecule has 1 aromatic heterocycles. The summed E-state index contributed by atoms with van der Waals surface area (Å²) in [6.07, 6.45) is 2.02. The van der Waals surface area contributed by atoms with Crippen LogP contribution in [0.2, 0.25) is 0 Å². The van der Waals surface area contributed by atoms with Crippen molar-refractivity contribution in [1.29, 1.82) is 0 Å². The fourth-order valence-corrected chi connectivity index (χ4v) is 2.94. The van der Waals surface area contributed by atoms with Crippen LogP contribution in [0.4, 0.5) is 0 Å². The highest BCUT2D eigenvalue weighted by molar-refractivity contribution is 7.07. The minimum Gasteiger partial charge on any atom is -0.327 e. The van der Waals surface area contributed by atoms with E-state index in [9.17, 15) is 0 Å². The van der Waals surface area contributed by atoms with Crippen LogP contribution in [0.1, 0.15) is 25.1 Å². The zero-order chi connectivity index (χ0) is 11.5. The lowest BCUT2D eigenvalue weighted by molar-refractivity contribution is 0.496. The molecule has 0 saturated carbocycles. The van der Waals surface area contributed by atoms with Crippen LogP contribution in [-0.4, -0.2) is 10.4 Å². The largest absolute Gasteiger partial charge is 0.327 e. The Kier molecular flexibility index (Phi) is 3.56. The van der Waals surface area contributed by atoms with E-state index in [4.69, 9.17) is 5.73 Å². The molecular formula is C13H18N2S. The molecule has 3 heteroatoms. The molecule has 16 heavy (non-hydrogen) atoms. The molecule has 1 aromatic carbocycles. The van der Waals surface area contributed by atoms with Gasteiger partial charge in [-0.2, -0.15) is 4.37 Å². The van der Waals surface area contributed by atoms with Gasteiger partial charge in [-0.15, -0.1) is 0 Å². The van der Waals surface area contributed by atoms with Crippen molar-refractivity contribution in [2.75, 3.05) is 0 Å². The molecule has 2 aromatic rings. The van der Waals surface area contributed by atoms with Crippen molar-refractivity contribution in [2.24, 2.45) is 11.7 Å². The molecule has 1 heterocycles. The molecular weight excluding hydrogens is 216 g/mol. The summed E-state index contributed by atoms with van der Waals surface area (Å²) < 4.78 is 4.44. The number of hydrogen-bond acceptors (Lipinski definition) is 3. The highest BCUT2D eigenvalue weighted by Crippen LogP contribution is 2.23. The first-order chi connectivity index (χ1) is 7.66. The van der Waals surface area contributed by atoms with Gasteiger partial charge in [0.2, 0.25) is 0 Å². The van der Waals surface area contributed by atoms with Crippen molar-refractivity contribution in [3.63, 3.8) is 0 Å². The zero-order valence-electron chi connectivity index (χ0n) is 9.81. The smallest absolute Gasteiger partial charge is 0.0843 e. The van der Waals surface area contributed by atoms with Crippen LogP contribution in [-0.2, 0) is 6.42 Å². The van der Waals surface area contributed by atoms with Crippen LogP contribution in [0.15, 0.2) is 24.3 Å². The van der Waals surface area contributed by atoms with E-state index in [-0.39, 0.29) is 6.04 Å². The predicted octanol–water partition coefficient (Wildman–Crippen LogP) is 3.21. The molecule has 0 spiro atoms. The minimum absolute atomic E-state index is 0.254. The maximum Gasteiger partial charge on any atom is 0.0843 e. The first-order valence-corrected chi connectivity index (χ1v) is 6.53. The van der Waals surface area contributed by atoms with Crippen LogP contribution in [0.25, 0.3) is 10.9 Å². The van der Waals surface area contributed by atoms with Gasteiger partial charge in [0, 0.05) is 16.3 Å². The quantitative estimate of drug-likeness (QED) is 0.882. The molecule has 0 aliphatic rings. The first-order valence-electron chi connectivity index (χ1n) is 5.75. The summed E-state index contributed by atoms with van der Waals surface area (Å²) >= 11 is 1.59. The second-order valence-electron chi connectivity index (χ2n) is 4.72. The lowest BCUT2D eigenvalue weighted by Crippen LogP contribution is -2.24. The number of nitrogens with zero attached hydrogens (tertiary/aromatic N) is 1. The van der Waals surface area contributed by atoms with E-state index in [1.165, 1.54) is 10.3 Å². The summed E-state index contributed by atoms with van der Waals surface area (Å²) in [5, 5.41) is 1.27.